The van der Waals surface area contributed by atoms with E-state index in [-0.39, 0.29) is 6.42 Å². The van der Waals surface area contributed by atoms with Crippen LogP contribution < -0.4 is 9.47 Å². The SMILES string of the molecule is COc1cccc([C@H]2S[C@H](Cc3ncc(CCC(=O)O)s3)c3nnc(C(F)F)n3-c3ccc(Cl)cc32)c1OC. The molecular weight excluding hydrogens is 570 g/mol. The number of thiazole rings is 1. The Bertz CT molecular complexity index is 1510. The Morgan fingerprint density at radius 3 is 2.72 bits per heavy atom. The van der Waals surface area contributed by atoms with Crippen LogP contribution in [0.2, 0.25) is 5.02 Å². The lowest BCUT2D eigenvalue weighted by Crippen LogP contribution is -2.09. The van der Waals surface area contributed by atoms with E-state index in [1.54, 1.807) is 44.7 Å². The molecule has 1 N–H and O–H groups in total. The monoisotopic (exact) mass is 592 g/mol. The van der Waals surface area contributed by atoms with Crippen molar-refractivity contribution in [3.8, 4) is 17.2 Å². The molecule has 13 heteroatoms. The Morgan fingerprint density at radius 2 is 2.00 bits per heavy atom. The van der Waals surface area contributed by atoms with Gasteiger partial charge in [-0.05, 0) is 36.2 Å². The van der Waals surface area contributed by atoms with Crippen LogP contribution in [-0.4, -0.2) is 45.0 Å². The number of alkyl halides is 2. The minimum atomic E-state index is -2.86. The first-order chi connectivity index (χ1) is 18.8. The highest BCUT2D eigenvalue weighted by atomic mass is 35.5. The molecule has 1 aliphatic rings. The third-order valence-corrected chi connectivity index (χ3v) is 9.07. The quantitative estimate of drug-likeness (QED) is 0.236. The van der Waals surface area contributed by atoms with Gasteiger partial charge in [0, 0.05) is 28.1 Å². The number of aromatic nitrogens is 4. The summed E-state index contributed by atoms with van der Waals surface area (Å²) >= 11 is 9.34. The average molecular weight is 593 g/mol. The van der Waals surface area contributed by atoms with Crippen LogP contribution in [0.25, 0.3) is 5.69 Å². The van der Waals surface area contributed by atoms with Crippen molar-refractivity contribution < 1.29 is 28.2 Å². The van der Waals surface area contributed by atoms with Crippen LogP contribution in [0.1, 0.15) is 56.0 Å². The number of aliphatic carboxylic acids is 1. The molecule has 3 heterocycles. The summed E-state index contributed by atoms with van der Waals surface area (Å²) in [5.74, 6) is 0.0856. The number of carboxylic acid groups (broad SMARTS) is 1. The van der Waals surface area contributed by atoms with Crippen LogP contribution in [0.15, 0.2) is 42.6 Å². The molecule has 2 aromatic heterocycles. The van der Waals surface area contributed by atoms with E-state index >= 15 is 0 Å². The van der Waals surface area contributed by atoms with Gasteiger partial charge in [-0.15, -0.1) is 33.3 Å². The van der Waals surface area contributed by atoms with E-state index in [9.17, 15) is 13.6 Å². The largest absolute Gasteiger partial charge is 0.493 e. The number of methoxy groups -OCH3 is 2. The van der Waals surface area contributed by atoms with E-state index in [4.69, 9.17) is 26.2 Å². The van der Waals surface area contributed by atoms with Crippen LogP contribution in [0, 0.1) is 0 Å². The van der Waals surface area contributed by atoms with Crippen molar-refractivity contribution in [3.05, 3.63) is 80.3 Å². The summed E-state index contributed by atoms with van der Waals surface area (Å²) in [6.45, 7) is 0. The van der Waals surface area contributed by atoms with Crippen molar-refractivity contribution in [2.24, 2.45) is 0 Å². The lowest BCUT2D eigenvalue weighted by atomic mass is 10.0. The lowest BCUT2D eigenvalue weighted by molar-refractivity contribution is -0.136. The molecule has 0 amide bonds. The number of nitrogens with zero attached hydrogens (tertiary/aromatic N) is 4. The molecule has 0 bridgehead atoms. The summed E-state index contributed by atoms with van der Waals surface area (Å²) in [6.07, 6.45) is -0.458. The minimum absolute atomic E-state index is 0.000333. The molecule has 1 aliphatic heterocycles. The predicted molar refractivity (Wildman–Crippen MR) is 145 cm³/mol. The van der Waals surface area contributed by atoms with Crippen molar-refractivity contribution in [3.63, 3.8) is 0 Å². The second kappa shape index (κ2) is 11.5. The molecule has 0 saturated carbocycles. The fourth-order valence-corrected chi connectivity index (χ4v) is 7.37. The summed E-state index contributed by atoms with van der Waals surface area (Å²) in [7, 11) is 3.10. The van der Waals surface area contributed by atoms with Gasteiger partial charge in [-0.1, -0.05) is 23.7 Å². The molecule has 4 aromatic rings. The fourth-order valence-electron chi connectivity index (χ4n) is 4.59. The second-order valence-electron chi connectivity index (χ2n) is 8.66. The molecule has 0 unspecified atom stereocenters. The molecule has 0 spiro atoms. The number of fused-ring (bicyclic) bond motifs is 3. The number of hydrogen-bond acceptors (Lipinski definition) is 8. The van der Waals surface area contributed by atoms with E-state index in [0.717, 1.165) is 15.4 Å². The Kier molecular flexibility index (Phi) is 8.06. The standard InChI is InChI=1S/C26H23ClF2N4O4S2/c1-36-18-5-3-4-15(22(18)37-2)23-16-10-13(27)6-8-17(16)33-25(31-32-26(33)24(28)29)19(39-23)11-20-30-12-14(38-20)7-9-21(34)35/h3-6,8,10,12,19,23-24H,7,9,11H2,1-2H3,(H,34,35)/t19-,23-/m1/s1. The fraction of sp³-hybridized carbons (Fsp3) is 0.308. The minimum Gasteiger partial charge on any atom is -0.493 e. The summed E-state index contributed by atoms with van der Waals surface area (Å²) in [5, 5.41) is 17.5. The highest BCUT2D eigenvalue weighted by Crippen LogP contribution is 2.54. The molecular formula is C26H23ClF2N4O4S2. The number of halogens is 3. The van der Waals surface area contributed by atoms with E-state index < -0.39 is 28.7 Å². The van der Waals surface area contributed by atoms with Crippen LogP contribution in [0.5, 0.6) is 11.5 Å². The molecule has 5 rings (SSSR count). The topological polar surface area (TPSA) is 99.4 Å². The number of carboxylic acids is 1. The molecule has 2 aromatic carbocycles. The number of ether oxygens (including phenoxy) is 2. The molecule has 2 atom stereocenters. The van der Waals surface area contributed by atoms with Gasteiger partial charge in [0.25, 0.3) is 6.43 Å². The first-order valence-electron chi connectivity index (χ1n) is 11.9. The van der Waals surface area contributed by atoms with Crippen LogP contribution in [0.3, 0.4) is 0 Å². The van der Waals surface area contributed by atoms with Gasteiger partial charge in [-0.3, -0.25) is 9.36 Å². The van der Waals surface area contributed by atoms with E-state index in [1.165, 1.54) is 27.7 Å². The zero-order valence-electron chi connectivity index (χ0n) is 20.8. The first-order valence-corrected chi connectivity index (χ1v) is 14.0. The maximum Gasteiger partial charge on any atom is 0.303 e. The number of aryl methyl sites for hydroxylation is 1. The maximum atomic E-state index is 14.2. The highest BCUT2D eigenvalue weighted by molar-refractivity contribution is 8.00. The van der Waals surface area contributed by atoms with Gasteiger partial charge in [0.15, 0.2) is 17.3 Å². The van der Waals surface area contributed by atoms with E-state index in [2.05, 4.69) is 15.2 Å². The van der Waals surface area contributed by atoms with Gasteiger partial charge in [-0.2, -0.15) is 0 Å². The summed E-state index contributed by atoms with van der Waals surface area (Å²) < 4.78 is 41.1. The van der Waals surface area contributed by atoms with Crippen LogP contribution in [0.4, 0.5) is 8.78 Å². The molecule has 0 radical (unpaired) electrons. The summed E-state index contributed by atoms with van der Waals surface area (Å²) in [4.78, 5) is 16.3. The molecule has 204 valence electrons. The first kappa shape index (κ1) is 27.4. The average Bonchev–Trinajstić information content (AvgIpc) is 3.54. The summed E-state index contributed by atoms with van der Waals surface area (Å²) in [6, 6.07) is 10.7. The van der Waals surface area contributed by atoms with Gasteiger partial charge in [0.2, 0.25) is 5.82 Å². The Labute approximate surface area is 236 Å². The van der Waals surface area contributed by atoms with Gasteiger partial charge in [0.05, 0.1) is 41.8 Å². The van der Waals surface area contributed by atoms with Gasteiger partial charge >= 0.3 is 5.97 Å². The normalized spacial score (nSPS) is 16.5. The van der Waals surface area contributed by atoms with Gasteiger partial charge in [0.1, 0.15) is 0 Å². The van der Waals surface area contributed by atoms with Crippen LogP contribution in [-0.2, 0) is 17.6 Å². The predicted octanol–water partition coefficient (Wildman–Crippen LogP) is 6.47. The number of para-hydroxylation sites is 1. The van der Waals surface area contributed by atoms with Gasteiger partial charge in [-0.25, -0.2) is 13.8 Å². The number of thioether (sulfide) groups is 1. The Morgan fingerprint density at radius 1 is 1.18 bits per heavy atom. The van der Waals surface area contributed by atoms with Crippen molar-refractivity contribution in [1.29, 1.82) is 0 Å². The smallest absolute Gasteiger partial charge is 0.303 e. The van der Waals surface area contributed by atoms with Crippen molar-refractivity contribution >= 4 is 40.7 Å². The van der Waals surface area contributed by atoms with E-state index in [1.807, 2.05) is 12.1 Å². The number of hydrogen-bond donors (Lipinski definition) is 1. The molecule has 8 nitrogen and oxygen atoms in total. The highest BCUT2D eigenvalue weighted by Gasteiger charge is 2.37. The third-order valence-electron chi connectivity index (χ3n) is 6.27. The molecule has 0 saturated heterocycles. The van der Waals surface area contributed by atoms with Gasteiger partial charge < -0.3 is 14.6 Å². The zero-order valence-corrected chi connectivity index (χ0v) is 23.2. The Balaban J connectivity index is 1.66. The van der Waals surface area contributed by atoms with Crippen LogP contribution >= 0.6 is 34.7 Å². The Hall–Kier alpha value is -3.22. The maximum absolute atomic E-state index is 14.2. The van der Waals surface area contributed by atoms with Crippen molar-refractivity contribution in [1.82, 2.24) is 19.7 Å². The number of carbonyl (C=O) groups is 1. The molecule has 39 heavy (non-hydrogen) atoms. The molecule has 0 aliphatic carbocycles. The lowest BCUT2D eigenvalue weighted by Gasteiger charge is -2.23. The second-order valence-corrected chi connectivity index (χ2v) is 11.6. The van der Waals surface area contributed by atoms with Crippen molar-refractivity contribution in [2.75, 3.05) is 14.2 Å². The third kappa shape index (κ3) is 5.45. The molecule has 0 fully saturated rings. The van der Waals surface area contributed by atoms with Crippen molar-refractivity contribution in [2.45, 2.75) is 36.2 Å². The van der Waals surface area contributed by atoms with E-state index in [0.29, 0.717) is 46.4 Å². The number of benzene rings is 2. The number of rotatable bonds is 9. The zero-order chi connectivity index (χ0) is 27.7. The summed E-state index contributed by atoms with van der Waals surface area (Å²) in [5.41, 5.74) is 1.99.